The van der Waals surface area contributed by atoms with E-state index in [1.54, 1.807) is 37.3 Å². The third-order valence-corrected chi connectivity index (χ3v) is 5.65. The fourth-order valence-corrected chi connectivity index (χ4v) is 3.84. The van der Waals surface area contributed by atoms with Gasteiger partial charge in [-0.1, -0.05) is 24.3 Å². The molecule has 3 aromatic rings. The number of benzene rings is 3. The zero-order valence-electron chi connectivity index (χ0n) is 18.4. The van der Waals surface area contributed by atoms with Crippen molar-refractivity contribution in [3.05, 3.63) is 89.2 Å². The van der Waals surface area contributed by atoms with Gasteiger partial charge in [-0.2, -0.15) is 0 Å². The summed E-state index contributed by atoms with van der Waals surface area (Å²) in [5.41, 5.74) is 3.80. The minimum Gasteiger partial charge on any atom is -0.325 e. The van der Waals surface area contributed by atoms with E-state index in [1.807, 2.05) is 31.2 Å². The standard InChI is InChI=1S/C26H24FN3O3/c1-16-5-3-7-21(11-16)28-25(32)18-6-4-8-22(12-18)30-15-19(13-24(30)31)26(33)29-23-14-20(27)10-9-17(23)2/h3-12,14,19H,13,15H2,1-2H3,(H,28,32)(H,29,33). The van der Waals surface area contributed by atoms with Crippen LogP contribution in [0.4, 0.5) is 21.5 Å². The highest BCUT2D eigenvalue weighted by atomic mass is 19.1. The molecule has 33 heavy (non-hydrogen) atoms. The lowest BCUT2D eigenvalue weighted by molar-refractivity contribution is -0.122. The molecule has 3 aromatic carbocycles. The second-order valence-corrected chi connectivity index (χ2v) is 8.23. The first-order valence-corrected chi connectivity index (χ1v) is 10.7. The van der Waals surface area contributed by atoms with Gasteiger partial charge in [-0.3, -0.25) is 14.4 Å². The van der Waals surface area contributed by atoms with Crippen LogP contribution in [-0.4, -0.2) is 24.3 Å². The van der Waals surface area contributed by atoms with Gasteiger partial charge < -0.3 is 15.5 Å². The Morgan fingerprint density at radius 2 is 1.76 bits per heavy atom. The van der Waals surface area contributed by atoms with Gasteiger partial charge in [0.15, 0.2) is 0 Å². The molecular formula is C26H24FN3O3. The lowest BCUT2D eigenvalue weighted by atomic mass is 10.1. The van der Waals surface area contributed by atoms with Crippen LogP contribution in [0.15, 0.2) is 66.7 Å². The maximum Gasteiger partial charge on any atom is 0.255 e. The largest absolute Gasteiger partial charge is 0.325 e. The molecule has 4 rings (SSSR count). The Morgan fingerprint density at radius 3 is 2.55 bits per heavy atom. The van der Waals surface area contributed by atoms with Crippen LogP contribution in [0.1, 0.15) is 27.9 Å². The second kappa shape index (κ2) is 9.24. The van der Waals surface area contributed by atoms with Gasteiger partial charge in [-0.25, -0.2) is 4.39 Å². The summed E-state index contributed by atoms with van der Waals surface area (Å²) >= 11 is 0. The third kappa shape index (κ3) is 5.09. The van der Waals surface area contributed by atoms with Crippen molar-refractivity contribution in [1.82, 2.24) is 0 Å². The average molecular weight is 445 g/mol. The first kappa shape index (κ1) is 22.2. The molecule has 1 aliphatic heterocycles. The molecule has 1 aliphatic rings. The highest BCUT2D eigenvalue weighted by Crippen LogP contribution is 2.28. The first-order valence-electron chi connectivity index (χ1n) is 10.7. The molecule has 1 unspecified atom stereocenters. The number of amides is 3. The molecule has 0 radical (unpaired) electrons. The molecule has 1 heterocycles. The van der Waals surface area contributed by atoms with Crippen LogP contribution in [0.3, 0.4) is 0 Å². The predicted octanol–water partition coefficient (Wildman–Crippen LogP) is 4.69. The van der Waals surface area contributed by atoms with Crippen molar-refractivity contribution in [1.29, 1.82) is 0 Å². The molecule has 0 aromatic heterocycles. The van der Waals surface area contributed by atoms with Crippen LogP contribution in [0.25, 0.3) is 0 Å². The summed E-state index contributed by atoms with van der Waals surface area (Å²) in [6, 6.07) is 18.4. The van der Waals surface area contributed by atoms with Gasteiger partial charge in [0.25, 0.3) is 5.91 Å². The molecule has 7 heteroatoms. The number of carbonyl (C=O) groups is 3. The number of anilines is 3. The van der Waals surface area contributed by atoms with Gasteiger partial charge in [0.1, 0.15) is 5.82 Å². The molecule has 1 saturated heterocycles. The number of hydrogen-bond acceptors (Lipinski definition) is 3. The smallest absolute Gasteiger partial charge is 0.255 e. The Morgan fingerprint density at radius 1 is 0.970 bits per heavy atom. The Bertz CT molecular complexity index is 1240. The quantitative estimate of drug-likeness (QED) is 0.598. The normalized spacial score (nSPS) is 15.4. The number of carbonyl (C=O) groups excluding carboxylic acids is 3. The van der Waals surface area contributed by atoms with Gasteiger partial charge in [-0.05, 0) is 67.4 Å². The molecular weight excluding hydrogens is 421 g/mol. The number of hydrogen-bond donors (Lipinski definition) is 2. The Hall–Kier alpha value is -4.00. The van der Waals surface area contributed by atoms with E-state index in [4.69, 9.17) is 0 Å². The van der Waals surface area contributed by atoms with Crippen LogP contribution in [-0.2, 0) is 9.59 Å². The average Bonchev–Trinajstić information content (AvgIpc) is 3.18. The van der Waals surface area contributed by atoms with Gasteiger partial charge in [0.2, 0.25) is 11.8 Å². The van der Waals surface area contributed by atoms with E-state index in [-0.39, 0.29) is 30.7 Å². The number of rotatable bonds is 5. The monoisotopic (exact) mass is 445 g/mol. The Kier molecular flexibility index (Phi) is 6.22. The molecule has 1 atom stereocenters. The van der Waals surface area contributed by atoms with Crippen molar-refractivity contribution in [3.8, 4) is 0 Å². The maximum atomic E-state index is 13.5. The highest BCUT2D eigenvalue weighted by molar-refractivity contribution is 6.07. The third-order valence-electron chi connectivity index (χ3n) is 5.65. The second-order valence-electron chi connectivity index (χ2n) is 8.23. The molecule has 2 N–H and O–H groups in total. The SMILES string of the molecule is Cc1cccc(NC(=O)c2cccc(N3CC(C(=O)Nc4cc(F)ccc4C)CC3=O)c2)c1. The summed E-state index contributed by atoms with van der Waals surface area (Å²) in [5.74, 6) is -1.86. The predicted molar refractivity (Wildman–Crippen MR) is 126 cm³/mol. The maximum absolute atomic E-state index is 13.5. The molecule has 1 fully saturated rings. The van der Waals surface area contributed by atoms with Crippen molar-refractivity contribution in [2.24, 2.45) is 5.92 Å². The van der Waals surface area contributed by atoms with Crippen LogP contribution in [0.2, 0.25) is 0 Å². The molecule has 6 nitrogen and oxygen atoms in total. The van der Waals surface area contributed by atoms with E-state index in [2.05, 4.69) is 10.6 Å². The number of aryl methyl sites for hydroxylation is 2. The van der Waals surface area contributed by atoms with Gasteiger partial charge in [-0.15, -0.1) is 0 Å². The number of halogens is 1. The Labute approximate surface area is 191 Å². The summed E-state index contributed by atoms with van der Waals surface area (Å²) in [6.45, 7) is 3.90. The van der Waals surface area contributed by atoms with Crippen molar-refractivity contribution in [3.63, 3.8) is 0 Å². The number of nitrogens with one attached hydrogen (secondary N) is 2. The fourth-order valence-electron chi connectivity index (χ4n) is 3.84. The summed E-state index contributed by atoms with van der Waals surface area (Å²) in [6.07, 6.45) is 0.0416. The highest BCUT2D eigenvalue weighted by Gasteiger charge is 2.35. The molecule has 0 saturated carbocycles. The van der Waals surface area contributed by atoms with E-state index in [9.17, 15) is 18.8 Å². The summed E-state index contributed by atoms with van der Waals surface area (Å²) in [4.78, 5) is 39.6. The van der Waals surface area contributed by atoms with E-state index in [0.29, 0.717) is 22.6 Å². The minimum atomic E-state index is -0.579. The summed E-state index contributed by atoms with van der Waals surface area (Å²) < 4.78 is 13.5. The molecule has 0 spiro atoms. The van der Waals surface area contributed by atoms with Gasteiger partial charge in [0.05, 0.1) is 5.92 Å². The van der Waals surface area contributed by atoms with E-state index in [0.717, 1.165) is 11.1 Å². The molecule has 168 valence electrons. The van der Waals surface area contributed by atoms with E-state index in [1.165, 1.54) is 17.0 Å². The van der Waals surface area contributed by atoms with Crippen LogP contribution in [0, 0.1) is 25.6 Å². The van der Waals surface area contributed by atoms with Crippen molar-refractivity contribution in [2.75, 3.05) is 22.1 Å². The van der Waals surface area contributed by atoms with E-state index < -0.39 is 11.7 Å². The van der Waals surface area contributed by atoms with Crippen molar-refractivity contribution < 1.29 is 18.8 Å². The molecule has 3 amide bonds. The van der Waals surface area contributed by atoms with Crippen LogP contribution < -0.4 is 15.5 Å². The molecule has 0 aliphatic carbocycles. The zero-order valence-corrected chi connectivity index (χ0v) is 18.4. The van der Waals surface area contributed by atoms with E-state index >= 15 is 0 Å². The summed E-state index contributed by atoms with van der Waals surface area (Å²) in [7, 11) is 0. The summed E-state index contributed by atoms with van der Waals surface area (Å²) in [5, 5.41) is 5.58. The first-order chi connectivity index (χ1) is 15.8. The van der Waals surface area contributed by atoms with Crippen LogP contribution >= 0.6 is 0 Å². The van der Waals surface area contributed by atoms with Gasteiger partial charge >= 0.3 is 0 Å². The zero-order chi connectivity index (χ0) is 23.5. The lowest BCUT2D eigenvalue weighted by Gasteiger charge is -2.18. The minimum absolute atomic E-state index is 0.0416. The van der Waals surface area contributed by atoms with Crippen molar-refractivity contribution in [2.45, 2.75) is 20.3 Å². The fraction of sp³-hybridized carbons (Fsp3) is 0.192. The van der Waals surface area contributed by atoms with Crippen molar-refractivity contribution >= 4 is 34.8 Å². The van der Waals surface area contributed by atoms with Gasteiger partial charge in [0, 0.05) is 35.6 Å². The van der Waals surface area contributed by atoms with Crippen LogP contribution in [0.5, 0.6) is 0 Å². The molecule has 0 bridgehead atoms. The topological polar surface area (TPSA) is 78.5 Å². The number of nitrogens with zero attached hydrogens (tertiary/aromatic N) is 1. The Balaban J connectivity index is 1.46. The lowest BCUT2D eigenvalue weighted by Crippen LogP contribution is -2.28.